The van der Waals surface area contributed by atoms with Crippen molar-refractivity contribution in [2.24, 2.45) is 0 Å². The number of H-pyrrole nitrogens is 1. The van der Waals surface area contributed by atoms with Gasteiger partial charge in [0.1, 0.15) is 41.2 Å². The molecule has 2 aromatic carbocycles. The average Bonchev–Trinajstić information content (AvgIpc) is 3.55. The number of hydrogen-bond acceptors (Lipinski definition) is 10. The summed E-state index contributed by atoms with van der Waals surface area (Å²) in [5, 5.41) is 23.6. The number of hydrogen-bond donors (Lipinski definition) is 5. The number of aliphatic hydroxyl groups excluding tert-OH is 1. The summed E-state index contributed by atoms with van der Waals surface area (Å²) in [7, 11) is 1.53. The Labute approximate surface area is 254 Å². The Morgan fingerprint density at radius 2 is 1.86 bits per heavy atom. The molecule has 0 bridgehead atoms. The van der Waals surface area contributed by atoms with Crippen LogP contribution in [0.5, 0.6) is 5.75 Å². The van der Waals surface area contributed by atoms with Crippen molar-refractivity contribution in [1.82, 2.24) is 25.5 Å². The van der Waals surface area contributed by atoms with Crippen LogP contribution >= 0.6 is 11.8 Å². The number of aliphatic hydroxyl groups is 1. The molecule has 15 heteroatoms. The van der Waals surface area contributed by atoms with Gasteiger partial charge >= 0.3 is 11.9 Å². The van der Waals surface area contributed by atoms with Crippen molar-refractivity contribution in [1.29, 1.82) is 0 Å². The Bertz CT molecular complexity index is 1620. The highest BCUT2D eigenvalue weighted by Gasteiger charge is 2.54. The number of aliphatic carboxylic acids is 1. The van der Waals surface area contributed by atoms with Crippen LogP contribution in [0.1, 0.15) is 38.1 Å². The minimum absolute atomic E-state index is 0.0873. The van der Waals surface area contributed by atoms with Crippen LogP contribution in [-0.2, 0) is 25.7 Å². The third-order valence-electron chi connectivity index (χ3n) is 7.00. The third-order valence-corrected chi connectivity index (χ3v) is 8.34. The predicted octanol–water partition coefficient (Wildman–Crippen LogP) is 0.977. The maximum absolute atomic E-state index is 13.5. The van der Waals surface area contributed by atoms with E-state index in [1.54, 1.807) is 54.6 Å². The summed E-state index contributed by atoms with van der Waals surface area (Å²) in [4.78, 5) is 72.0. The first-order chi connectivity index (χ1) is 21.2. The Kier molecular flexibility index (Phi) is 8.96. The van der Waals surface area contributed by atoms with Gasteiger partial charge in [-0.15, -0.1) is 11.8 Å². The van der Waals surface area contributed by atoms with E-state index in [9.17, 15) is 34.2 Å². The number of aromatic nitrogens is 2. The summed E-state index contributed by atoms with van der Waals surface area (Å²) in [6.45, 7) is -0.606. The minimum Gasteiger partial charge on any atom is -0.497 e. The molecule has 0 saturated carbocycles. The molecule has 2 aliphatic heterocycles. The van der Waals surface area contributed by atoms with Gasteiger partial charge in [0.25, 0.3) is 11.8 Å². The van der Waals surface area contributed by atoms with Gasteiger partial charge in [-0.1, -0.05) is 42.5 Å². The second kappa shape index (κ2) is 13.0. The number of aromatic amines is 1. The highest BCUT2D eigenvalue weighted by molar-refractivity contribution is 8.00. The van der Waals surface area contributed by atoms with E-state index in [1.165, 1.54) is 18.9 Å². The number of carboxylic acid groups (broad SMARTS) is 1. The summed E-state index contributed by atoms with van der Waals surface area (Å²) in [6.07, 6.45) is 1.15. The Morgan fingerprint density at radius 1 is 1.14 bits per heavy atom. The van der Waals surface area contributed by atoms with E-state index in [0.29, 0.717) is 16.9 Å². The second-order valence-electron chi connectivity index (χ2n) is 9.68. The number of carbonyl (C=O) groups is 5. The van der Waals surface area contributed by atoms with E-state index in [1.807, 2.05) is 0 Å². The van der Waals surface area contributed by atoms with Crippen LogP contribution in [0.2, 0.25) is 0 Å². The van der Waals surface area contributed by atoms with Crippen molar-refractivity contribution >= 4 is 41.4 Å². The fourth-order valence-electron chi connectivity index (χ4n) is 4.75. The molecule has 2 aliphatic rings. The second-order valence-corrected chi connectivity index (χ2v) is 10.8. The lowest BCUT2D eigenvalue weighted by Crippen LogP contribution is -2.71. The maximum Gasteiger partial charge on any atom is 0.359 e. The van der Waals surface area contributed by atoms with Gasteiger partial charge < -0.3 is 35.3 Å². The molecule has 3 heterocycles. The number of β-lactam (4-membered cyclic amide) rings is 1. The Morgan fingerprint density at radius 3 is 2.52 bits per heavy atom. The first-order valence-corrected chi connectivity index (χ1v) is 14.3. The SMILES string of the molecule is COc1ccc(COC(=O)c2nc[nH]c2C(=O)NC(C(=O)N[C@@H]2C(=O)N3C(C(=O)O)=C(CO)CS[C@@H]23)c2ccccc2)cc1. The number of carbonyl (C=O) groups excluding carboxylic acids is 4. The number of rotatable bonds is 11. The molecule has 3 amide bonds. The molecule has 3 aromatic rings. The molecule has 3 atom stereocenters. The number of nitrogens with zero attached hydrogens (tertiary/aromatic N) is 2. The van der Waals surface area contributed by atoms with Crippen molar-refractivity contribution < 1.29 is 43.7 Å². The first-order valence-electron chi connectivity index (χ1n) is 13.2. The highest BCUT2D eigenvalue weighted by atomic mass is 32.2. The standard InChI is InChI=1S/C29H27N5O9S/c1-42-18-9-7-15(8-10-18)12-43-29(41)21-20(30-14-31-21)25(37)32-19(16-5-3-2-4-6-16)24(36)33-22-26(38)34-23(28(39)40)17(11-35)13-44-27(22)34/h2-10,14,19,22,27,35H,11-13H2,1H3,(H,30,31)(H,32,37)(H,33,36)(H,39,40)/t19?,22-,27+/m1/s1. The molecule has 1 saturated heterocycles. The molecule has 44 heavy (non-hydrogen) atoms. The smallest absolute Gasteiger partial charge is 0.359 e. The van der Waals surface area contributed by atoms with Gasteiger partial charge in [-0.25, -0.2) is 14.6 Å². The van der Waals surface area contributed by atoms with Gasteiger partial charge in [-0.2, -0.15) is 0 Å². The average molecular weight is 622 g/mol. The highest BCUT2D eigenvalue weighted by Crippen LogP contribution is 2.40. The van der Waals surface area contributed by atoms with E-state index in [-0.39, 0.29) is 35.0 Å². The minimum atomic E-state index is -1.36. The number of esters is 1. The number of methoxy groups -OCH3 is 1. The lowest BCUT2D eigenvalue weighted by molar-refractivity contribution is -0.151. The number of fused-ring (bicyclic) bond motifs is 1. The van der Waals surface area contributed by atoms with E-state index in [2.05, 4.69) is 20.6 Å². The first kappa shape index (κ1) is 30.3. The normalized spacial score (nSPS) is 18.0. The summed E-state index contributed by atoms with van der Waals surface area (Å²) in [5.74, 6) is -3.66. The van der Waals surface area contributed by atoms with E-state index in [0.717, 1.165) is 11.2 Å². The Hall–Kier alpha value is -5.15. The number of thioether (sulfide) groups is 1. The molecule has 1 fully saturated rings. The van der Waals surface area contributed by atoms with Crippen LogP contribution < -0.4 is 15.4 Å². The van der Waals surface area contributed by atoms with Crippen molar-refractivity contribution in [2.45, 2.75) is 24.1 Å². The molecular weight excluding hydrogens is 594 g/mol. The molecular formula is C29H27N5O9S. The number of imidazole rings is 1. The van der Waals surface area contributed by atoms with Crippen molar-refractivity contribution in [2.75, 3.05) is 19.5 Å². The largest absolute Gasteiger partial charge is 0.497 e. The molecule has 228 valence electrons. The lowest BCUT2D eigenvalue weighted by atomic mass is 10.0. The van der Waals surface area contributed by atoms with Crippen molar-refractivity contribution in [3.63, 3.8) is 0 Å². The zero-order chi connectivity index (χ0) is 31.4. The number of benzene rings is 2. The van der Waals surface area contributed by atoms with Crippen LogP contribution in [0, 0.1) is 0 Å². The molecule has 0 radical (unpaired) electrons. The van der Waals surface area contributed by atoms with Crippen LogP contribution in [0.4, 0.5) is 0 Å². The zero-order valence-corrected chi connectivity index (χ0v) is 24.0. The number of nitrogens with one attached hydrogen (secondary N) is 3. The number of ether oxygens (including phenoxy) is 2. The molecule has 5 rings (SSSR count). The molecule has 1 aromatic heterocycles. The van der Waals surface area contributed by atoms with Gasteiger partial charge in [0.2, 0.25) is 5.91 Å². The lowest BCUT2D eigenvalue weighted by Gasteiger charge is -2.49. The van der Waals surface area contributed by atoms with Gasteiger partial charge in [0.05, 0.1) is 20.0 Å². The summed E-state index contributed by atoms with van der Waals surface area (Å²) in [6, 6.07) is 12.7. The molecule has 0 spiro atoms. The monoisotopic (exact) mass is 621 g/mol. The van der Waals surface area contributed by atoms with E-state index in [4.69, 9.17) is 9.47 Å². The molecule has 5 N–H and O–H groups in total. The van der Waals surface area contributed by atoms with Crippen molar-refractivity contribution in [3.8, 4) is 5.75 Å². The van der Waals surface area contributed by atoms with Crippen molar-refractivity contribution in [3.05, 3.63) is 94.7 Å². The fourth-order valence-corrected chi connectivity index (χ4v) is 6.09. The quantitative estimate of drug-likeness (QED) is 0.151. The van der Waals surface area contributed by atoms with Crippen LogP contribution in [0.15, 0.2) is 72.2 Å². The number of carboxylic acids is 1. The van der Waals surface area contributed by atoms with Gasteiger partial charge in [-0.3, -0.25) is 19.3 Å². The van der Waals surface area contributed by atoms with E-state index < -0.39 is 53.7 Å². The van der Waals surface area contributed by atoms with E-state index >= 15 is 0 Å². The molecule has 14 nitrogen and oxygen atoms in total. The van der Waals surface area contributed by atoms with Gasteiger partial charge in [0, 0.05) is 5.75 Å². The predicted molar refractivity (Wildman–Crippen MR) is 154 cm³/mol. The van der Waals surface area contributed by atoms with Crippen LogP contribution in [0.25, 0.3) is 0 Å². The topological polar surface area (TPSA) is 200 Å². The summed E-state index contributed by atoms with van der Waals surface area (Å²) >= 11 is 1.20. The Balaban J connectivity index is 1.29. The maximum atomic E-state index is 13.5. The summed E-state index contributed by atoms with van der Waals surface area (Å²) in [5.41, 5.74) is 0.434. The zero-order valence-electron chi connectivity index (χ0n) is 23.2. The molecule has 0 aliphatic carbocycles. The fraction of sp³-hybridized carbons (Fsp3) is 0.241. The summed E-state index contributed by atoms with van der Waals surface area (Å²) < 4.78 is 10.4. The van der Waals surface area contributed by atoms with Gasteiger partial charge in [0.15, 0.2) is 5.69 Å². The van der Waals surface area contributed by atoms with Gasteiger partial charge in [-0.05, 0) is 28.8 Å². The molecule has 1 unspecified atom stereocenters. The third kappa shape index (κ3) is 6.00. The van der Waals surface area contributed by atoms with Crippen LogP contribution in [0.3, 0.4) is 0 Å². The van der Waals surface area contributed by atoms with Crippen LogP contribution in [-0.4, -0.2) is 85.6 Å². The number of amides is 3.